The van der Waals surface area contributed by atoms with Crippen molar-refractivity contribution >= 4 is 50.8 Å². The molecule has 0 unspecified atom stereocenters. The number of aliphatic hydroxyl groups is 2. The number of carbonyl (C=O) groups is 1. The van der Waals surface area contributed by atoms with E-state index in [9.17, 15) is 14.3 Å². The fraction of sp³-hybridized carbons (Fsp3) is 0.176. The van der Waals surface area contributed by atoms with Crippen LogP contribution in [0.1, 0.15) is 10.6 Å². The Kier molecular flexibility index (Phi) is 6.21. The molecule has 0 radical (unpaired) electrons. The number of amides is 1. The minimum atomic E-state index is -1.14. The number of aromatic nitrogens is 1. The molecule has 10 heteroatoms. The maximum absolute atomic E-state index is 14.2. The number of pyridine rings is 1. The molecule has 2 aromatic heterocycles. The molecule has 0 aliphatic carbocycles. The van der Waals surface area contributed by atoms with Gasteiger partial charge in [-0.3, -0.25) is 14.6 Å². The molecule has 0 saturated heterocycles. The molecule has 27 heavy (non-hydrogen) atoms. The lowest BCUT2D eigenvalue weighted by Crippen LogP contribution is -2.30. The molecule has 3 aromatic rings. The van der Waals surface area contributed by atoms with Crippen molar-refractivity contribution in [2.45, 2.75) is 6.10 Å². The number of hydrogen-bond acceptors (Lipinski definition) is 7. The van der Waals surface area contributed by atoms with Crippen LogP contribution in [-0.4, -0.2) is 40.4 Å². The van der Waals surface area contributed by atoms with Crippen molar-refractivity contribution in [3.63, 3.8) is 0 Å². The van der Waals surface area contributed by atoms with Gasteiger partial charge in [0.2, 0.25) is 5.76 Å². The number of rotatable bonds is 7. The summed E-state index contributed by atoms with van der Waals surface area (Å²) < 4.78 is 20.5. The summed E-state index contributed by atoms with van der Waals surface area (Å²) in [6, 6.07) is 6.24. The van der Waals surface area contributed by atoms with Crippen LogP contribution in [0.5, 0.6) is 0 Å². The molecule has 3 rings (SSSR count). The van der Waals surface area contributed by atoms with E-state index in [1.165, 1.54) is 18.5 Å². The maximum Gasteiger partial charge on any atom is 0.312 e. The highest BCUT2D eigenvalue weighted by Crippen LogP contribution is 2.33. The fourth-order valence-corrected chi connectivity index (χ4v) is 2.72. The molecule has 0 saturated carbocycles. The molecule has 0 aliphatic heterocycles. The standard InChI is InChI=1S/C17H15FIN3O5/c18-12-5-9(19)1-2-13(12)21-15-11-3-4-20-6-14(11)27-16(15)17(25)22-26-8-10(24)7-23/h1-6,10,21,23-24H,7-8H2,(H,22,25)/t10-/m1/s1. The summed E-state index contributed by atoms with van der Waals surface area (Å²) in [5.74, 6) is -1.38. The van der Waals surface area contributed by atoms with Crippen molar-refractivity contribution in [3.8, 4) is 0 Å². The van der Waals surface area contributed by atoms with Gasteiger partial charge in [-0.25, -0.2) is 9.87 Å². The zero-order valence-corrected chi connectivity index (χ0v) is 15.9. The summed E-state index contributed by atoms with van der Waals surface area (Å²) in [5, 5.41) is 21.4. The molecule has 4 N–H and O–H groups in total. The van der Waals surface area contributed by atoms with E-state index in [4.69, 9.17) is 14.4 Å². The summed E-state index contributed by atoms with van der Waals surface area (Å²) >= 11 is 1.99. The number of fused-ring (bicyclic) bond motifs is 1. The third-order valence-electron chi connectivity index (χ3n) is 3.54. The highest BCUT2D eigenvalue weighted by atomic mass is 127. The molecule has 0 fully saturated rings. The van der Waals surface area contributed by atoms with Crippen molar-refractivity contribution in [1.29, 1.82) is 0 Å². The first-order valence-electron chi connectivity index (χ1n) is 7.79. The van der Waals surface area contributed by atoms with Crippen LogP contribution in [0.2, 0.25) is 0 Å². The minimum Gasteiger partial charge on any atom is -0.447 e. The molecule has 2 heterocycles. The summed E-state index contributed by atoms with van der Waals surface area (Å²) in [4.78, 5) is 21.2. The van der Waals surface area contributed by atoms with Gasteiger partial charge in [-0.05, 0) is 46.9 Å². The highest BCUT2D eigenvalue weighted by molar-refractivity contribution is 14.1. The van der Waals surface area contributed by atoms with E-state index < -0.39 is 24.4 Å². The predicted octanol–water partition coefficient (Wildman–Crippen LogP) is 2.33. The van der Waals surface area contributed by atoms with Gasteiger partial charge in [0.25, 0.3) is 0 Å². The average Bonchev–Trinajstić information content (AvgIpc) is 3.02. The lowest BCUT2D eigenvalue weighted by Gasteiger charge is -2.10. The van der Waals surface area contributed by atoms with E-state index in [1.54, 1.807) is 18.2 Å². The van der Waals surface area contributed by atoms with Gasteiger partial charge < -0.3 is 19.9 Å². The Balaban J connectivity index is 1.90. The van der Waals surface area contributed by atoms with Gasteiger partial charge in [0.1, 0.15) is 18.5 Å². The second-order valence-electron chi connectivity index (χ2n) is 5.51. The van der Waals surface area contributed by atoms with Crippen molar-refractivity contribution in [2.24, 2.45) is 0 Å². The number of hydroxylamine groups is 1. The molecule has 8 nitrogen and oxygen atoms in total. The maximum atomic E-state index is 14.2. The Hall–Kier alpha value is -2.28. The van der Waals surface area contributed by atoms with E-state index in [-0.39, 0.29) is 23.7 Å². The number of aliphatic hydroxyl groups excluding tert-OH is 2. The lowest BCUT2D eigenvalue weighted by molar-refractivity contribution is -0.0302. The van der Waals surface area contributed by atoms with E-state index in [1.807, 2.05) is 22.6 Å². The monoisotopic (exact) mass is 487 g/mol. The van der Waals surface area contributed by atoms with Gasteiger partial charge in [-0.2, -0.15) is 0 Å². The minimum absolute atomic E-state index is 0.144. The van der Waals surface area contributed by atoms with Crippen LogP contribution in [0, 0.1) is 9.39 Å². The Morgan fingerprint density at radius 2 is 2.22 bits per heavy atom. The molecule has 0 bridgehead atoms. The third kappa shape index (κ3) is 4.53. The van der Waals surface area contributed by atoms with Crippen LogP contribution >= 0.6 is 22.6 Å². The van der Waals surface area contributed by atoms with Crippen LogP contribution in [0.3, 0.4) is 0 Å². The number of benzene rings is 1. The fourth-order valence-electron chi connectivity index (χ4n) is 2.26. The Bertz CT molecular complexity index is 965. The molecule has 1 aromatic carbocycles. The largest absolute Gasteiger partial charge is 0.447 e. The summed E-state index contributed by atoms with van der Waals surface area (Å²) in [5.41, 5.74) is 2.86. The number of nitrogens with one attached hydrogen (secondary N) is 2. The molecule has 1 amide bonds. The second kappa shape index (κ2) is 8.61. The number of halogens is 2. The summed E-state index contributed by atoms with van der Waals surface area (Å²) in [6.45, 7) is -0.816. The first kappa shape index (κ1) is 19.5. The van der Waals surface area contributed by atoms with Crippen LogP contribution in [0.15, 0.2) is 41.1 Å². The second-order valence-corrected chi connectivity index (χ2v) is 6.75. The van der Waals surface area contributed by atoms with E-state index >= 15 is 0 Å². The number of hydrogen-bond donors (Lipinski definition) is 4. The van der Waals surface area contributed by atoms with Gasteiger partial charge in [-0.1, -0.05) is 0 Å². The SMILES string of the molecule is O=C(NOC[C@H](O)CO)c1oc2cnccc2c1Nc1ccc(I)cc1F. The van der Waals surface area contributed by atoms with Crippen LogP contribution in [0.25, 0.3) is 11.0 Å². The molecule has 142 valence electrons. The van der Waals surface area contributed by atoms with Gasteiger partial charge in [0, 0.05) is 15.2 Å². The van der Waals surface area contributed by atoms with Crippen molar-refractivity contribution in [2.75, 3.05) is 18.5 Å². The number of anilines is 2. The Morgan fingerprint density at radius 3 is 2.96 bits per heavy atom. The molecule has 1 atom stereocenters. The number of carbonyl (C=O) groups excluding carboxylic acids is 1. The quantitative estimate of drug-likeness (QED) is 0.299. The Labute approximate surface area is 166 Å². The van der Waals surface area contributed by atoms with Crippen LogP contribution < -0.4 is 10.8 Å². The Morgan fingerprint density at radius 1 is 1.41 bits per heavy atom. The third-order valence-corrected chi connectivity index (χ3v) is 4.21. The highest BCUT2D eigenvalue weighted by Gasteiger charge is 2.22. The topological polar surface area (TPSA) is 117 Å². The van der Waals surface area contributed by atoms with Crippen LogP contribution in [0.4, 0.5) is 15.8 Å². The normalized spacial score (nSPS) is 12.1. The molecule has 0 spiro atoms. The van der Waals surface area contributed by atoms with Crippen molar-refractivity contribution in [3.05, 3.63) is 51.8 Å². The van der Waals surface area contributed by atoms with Gasteiger partial charge in [-0.15, -0.1) is 0 Å². The molecular weight excluding hydrogens is 472 g/mol. The molecular formula is C17H15FIN3O5. The smallest absolute Gasteiger partial charge is 0.312 e. The first-order chi connectivity index (χ1) is 13.0. The number of furan rings is 1. The van der Waals surface area contributed by atoms with E-state index in [0.29, 0.717) is 11.0 Å². The molecule has 0 aliphatic rings. The van der Waals surface area contributed by atoms with E-state index in [0.717, 1.165) is 3.57 Å². The van der Waals surface area contributed by atoms with Gasteiger partial charge in [0.05, 0.1) is 24.2 Å². The van der Waals surface area contributed by atoms with Crippen molar-refractivity contribution < 1.29 is 28.7 Å². The van der Waals surface area contributed by atoms with E-state index in [2.05, 4.69) is 15.8 Å². The summed E-state index contributed by atoms with van der Waals surface area (Å²) in [6.07, 6.45) is 1.81. The average molecular weight is 487 g/mol. The predicted molar refractivity (Wildman–Crippen MR) is 103 cm³/mol. The van der Waals surface area contributed by atoms with Gasteiger partial charge >= 0.3 is 5.91 Å². The first-order valence-corrected chi connectivity index (χ1v) is 8.87. The zero-order chi connectivity index (χ0) is 19.4. The van der Waals surface area contributed by atoms with Crippen LogP contribution in [-0.2, 0) is 4.84 Å². The number of nitrogens with zero attached hydrogens (tertiary/aromatic N) is 1. The van der Waals surface area contributed by atoms with Gasteiger partial charge in [0.15, 0.2) is 5.58 Å². The summed E-state index contributed by atoms with van der Waals surface area (Å²) in [7, 11) is 0. The zero-order valence-electron chi connectivity index (χ0n) is 13.8. The lowest BCUT2D eigenvalue weighted by atomic mass is 10.2. The van der Waals surface area contributed by atoms with Crippen molar-refractivity contribution in [1.82, 2.24) is 10.5 Å².